The second kappa shape index (κ2) is 4.48. The van der Waals surface area contributed by atoms with Gasteiger partial charge in [-0.2, -0.15) is 0 Å². The van der Waals surface area contributed by atoms with Crippen LogP contribution in [0, 0.1) is 12.8 Å². The molecular weight excluding hydrogens is 236 g/mol. The first kappa shape index (κ1) is 10.2. The molecule has 1 heteroatoms. The minimum absolute atomic E-state index is 1.22. The van der Waals surface area contributed by atoms with Gasteiger partial charge in [0.25, 0.3) is 0 Å². The van der Waals surface area contributed by atoms with Crippen LogP contribution in [0.5, 0.6) is 0 Å². The van der Waals surface area contributed by atoms with Gasteiger partial charge in [-0.1, -0.05) is 47.3 Å². The molecular formula is C13H16Br. The predicted octanol–water partition coefficient (Wildman–Crippen LogP) is 4.64. The zero-order valence-corrected chi connectivity index (χ0v) is 10.2. The molecule has 2 rings (SSSR count). The molecule has 0 heterocycles. The van der Waals surface area contributed by atoms with Crippen LogP contribution in [0.1, 0.15) is 43.2 Å². The van der Waals surface area contributed by atoms with Crippen molar-refractivity contribution < 1.29 is 0 Å². The highest BCUT2D eigenvalue weighted by atomic mass is 79.9. The fourth-order valence-corrected chi connectivity index (χ4v) is 2.38. The molecule has 0 amide bonds. The lowest BCUT2D eigenvalue weighted by Crippen LogP contribution is -2.05. The highest BCUT2D eigenvalue weighted by Gasteiger charge is 2.16. The number of rotatable bonds is 1. The summed E-state index contributed by atoms with van der Waals surface area (Å²) in [5, 5.41) is 0. The van der Waals surface area contributed by atoms with Crippen LogP contribution < -0.4 is 0 Å². The van der Waals surface area contributed by atoms with Crippen molar-refractivity contribution in [3.05, 3.63) is 39.7 Å². The Kier molecular flexibility index (Phi) is 3.27. The lowest BCUT2D eigenvalue weighted by atomic mass is 9.84. The second-order valence-corrected chi connectivity index (χ2v) is 4.98. The van der Waals surface area contributed by atoms with Gasteiger partial charge in [-0.25, -0.2) is 0 Å². The summed E-state index contributed by atoms with van der Waals surface area (Å²) in [6, 6.07) is 6.73. The predicted molar refractivity (Wildman–Crippen MR) is 64.3 cm³/mol. The van der Waals surface area contributed by atoms with Crippen LogP contribution in [-0.4, -0.2) is 0 Å². The molecule has 0 bridgehead atoms. The lowest BCUT2D eigenvalue weighted by Gasteiger charge is -2.21. The van der Waals surface area contributed by atoms with E-state index in [-0.39, 0.29) is 0 Å². The van der Waals surface area contributed by atoms with Gasteiger partial charge in [0.1, 0.15) is 0 Å². The zero-order valence-electron chi connectivity index (χ0n) is 8.65. The second-order valence-electron chi connectivity index (χ2n) is 4.13. The van der Waals surface area contributed by atoms with Gasteiger partial charge in [0.2, 0.25) is 0 Å². The van der Waals surface area contributed by atoms with Crippen LogP contribution in [0.2, 0.25) is 0 Å². The molecule has 0 nitrogen and oxygen atoms in total. The Morgan fingerprint density at radius 3 is 2.43 bits per heavy atom. The van der Waals surface area contributed by atoms with Gasteiger partial charge in [-0.05, 0) is 37.0 Å². The van der Waals surface area contributed by atoms with Crippen LogP contribution in [0.15, 0.2) is 22.7 Å². The zero-order chi connectivity index (χ0) is 9.97. The SMILES string of the molecule is Cc1cc([C]2CCCCC2)ccc1Br. The van der Waals surface area contributed by atoms with E-state index >= 15 is 0 Å². The first-order chi connectivity index (χ1) is 6.77. The molecule has 0 saturated heterocycles. The quantitative estimate of drug-likeness (QED) is 0.682. The molecule has 1 radical (unpaired) electrons. The largest absolute Gasteiger partial charge is 0.0573 e. The molecule has 0 spiro atoms. The van der Waals surface area contributed by atoms with E-state index in [1.165, 1.54) is 47.7 Å². The molecule has 1 aromatic rings. The van der Waals surface area contributed by atoms with Gasteiger partial charge in [0, 0.05) is 10.4 Å². The summed E-state index contributed by atoms with van der Waals surface area (Å²) in [7, 11) is 0. The topological polar surface area (TPSA) is 0 Å². The van der Waals surface area contributed by atoms with Crippen molar-refractivity contribution in [1.29, 1.82) is 0 Å². The standard InChI is InChI=1S/C13H16Br/c1-10-9-12(7-8-13(10)14)11-5-3-2-4-6-11/h7-9H,2-6H2,1H3. The summed E-state index contributed by atoms with van der Waals surface area (Å²) in [5.41, 5.74) is 2.81. The minimum Gasteiger partial charge on any atom is -0.0573 e. The minimum atomic E-state index is 1.22. The van der Waals surface area contributed by atoms with Crippen molar-refractivity contribution in [1.82, 2.24) is 0 Å². The van der Waals surface area contributed by atoms with E-state index in [0.717, 1.165) is 0 Å². The summed E-state index contributed by atoms with van der Waals surface area (Å²) < 4.78 is 1.22. The van der Waals surface area contributed by atoms with Crippen molar-refractivity contribution in [2.45, 2.75) is 39.0 Å². The number of halogens is 1. The Bertz CT molecular complexity index is 311. The summed E-state index contributed by atoms with van der Waals surface area (Å²) in [4.78, 5) is 0. The van der Waals surface area contributed by atoms with Crippen molar-refractivity contribution in [3.8, 4) is 0 Å². The normalized spacial score (nSPS) is 18.4. The molecule has 0 aromatic heterocycles. The van der Waals surface area contributed by atoms with E-state index in [1.54, 1.807) is 5.92 Å². The molecule has 1 aliphatic rings. The maximum Gasteiger partial charge on any atom is 0.0204 e. The van der Waals surface area contributed by atoms with Crippen molar-refractivity contribution >= 4 is 15.9 Å². The molecule has 0 N–H and O–H groups in total. The molecule has 0 atom stereocenters. The van der Waals surface area contributed by atoms with Gasteiger partial charge in [0.15, 0.2) is 0 Å². The van der Waals surface area contributed by atoms with Gasteiger partial charge >= 0.3 is 0 Å². The number of aryl methyl sites for hydroxylation is 1. The summed E-state index contributed by atoms with van der Waals surface area (Å²) in [6.07, 6.45) is 6.79. The van der Waals surface area contributed by atoms with E-state index in [0.29, 0.717) is 0 Å². The Morgan fingerprint density at radius 1 is 1.07 bits per heavy atom. The van der Waals surface area contributed by atoms with Crippen LogP contribution in [0.3, 0.4) is 0 Å². The van der Waals surface area contributed by atoms with E-state index < -0.39 is 0 Å². The Balaban J connectivity index is 2.18. The first-order valence-corrected chi connectivity index (χ1v) is 6.18. The van der Waals surface area contributed by atoms with E-state index in [9.17, 15) is 0 Å². The molecule has 0 unspecified atom stereocenters. The molecule has 14 heavy (non-hydrogen) atoms. The van der Waals surface area contributed by atoms with E-state index in [4.69, 9.17) is 0 Å². The maximum atomic E-state index is 3.54. The van der Waals surface area contributed by atoms with Gasteiger partial charge in [-0.15, -0.1) is 0 Å². The summed E-state index contributed by atoms with van der Waals surface area (Å²) >= 11 is 3.54. The number of hydrogen-bond acceptors (Lipinski definition) is 0. The van der Waals surface area contributed by atoms with E-state index in [2.05, 4.69) is 41.1 Å². The van der Waals surface area contributed by atoms with Gasteiger partial charge in [-0.3, -0.25) is 0 Å². The van der Waals surface area contributed by atoms with Crippen LogP contribution in [-0.2, 0) is 0 Å². The monoisotopic (exact) mass is 251 g/mol. The average Bonchev–Trinajstić information content (AvgIpc) is 2.23. The lowest BCUT2D eigenvalue weighted by molar-refractivity contribution is 0.551. The van der Waals surface area contributed by atoms with E-state index in [1.807, 2.05) is 0 Å². The van der Waals surface area contributed by atoms with Gasteiger partial charge in [0.05, 0.1) is 0 Å². The third kappa shape index (κ3) is 2.20. The molecule has 1 aliphatic carbocycles. The molecule has 1 saturated carbocycles. The highest BCUT2D eigenvalue weighted by molar-refractivity contribution is 9.10. The third-order valence-corrected chi connectivity index (χ3v) is 3.91. The molecule has 1 fully saturated rings. The summed E-state index contributed by atoms with van der Waals surface area (Å²) in [5.74, 6) is 1.66. The molecule has 1 aromatic carbocycles. The first-order valence-electron chi connectivity index (χ1n) is 5.38. The smallest absolute Gasteiger partial charge is 0.0204 e. The van der Waals surface area contributed by atoms with Crippen molar-refractivity contribution in [2.24, 2.45) is 0 Å². The molecule has 75 valence electrons. The van der Waals surface area contributed by atoms with Crippen LogP contribution in [0.4, 0.5) is 0 Å². The fourth-order valence-electron chi connectivity index (χ4n) is 2.13. The van der Waals surface area contributed by atoms with Crippen LogP contribution >= 0.6 is 15.9 Å². The van der Waals surface area contributed by atoms with Gasteiger partial charge < -0.3 is 0 Å². The van der Waals surface area contributed by atoms with Crippen molar-refractivity contribution in [2.75, 3.05) is 0 Å². The number of hydrogen-bond donors (Lipinski definition) is 0. The van der Waals surface area contributed by atoms with Crippen LogP contribution in [0.25, 0.3) is 0 Å². The highest BCUT2D eigenvalue weighted by Crippen LogP contribution is 2.33. The summed E-state index contributed by atoms with van der Waals surface area (Å²) in [6.45, 7) is 2.16. The Labute approximate surface area is 94.8 Å². The maximum absolute atomic E-state index is 3.54. The number of benzene rings is 1. The fraction of sp³-hybridized carbons (Fsp3) is 0.462. The average molecular weight is 252 g/mol. The third-order valence-electron chi connectivity index (χ3n) is 3.02. The Hall–Kier alpha value is -0.300. The van der Waals surface area contributed by atoms with Crippen molar-refractivity contribution in [3.63, 3.8) is 0 Å². The molecule has 0 aliphatic heterocycles. The Morgan fingerprint density at radius 2 is 1.79 bits per heavy atom.